The number of nitrogens with zero attached hydrogens (tertiary/aromatic N) is 1. The van der Waals surface area contributed by atoms with Crippen molar-refractivity contribution in [2.45, 2.75) is 25.2 Å². The first-order valence-electron chi connectivity index (χ1n) is 7.49. The average molecular weight is 348 g/mol. The number of hydrogen-bond donors (Lipinski definition) is 2. The molecule has 0 aliphatic heterocycles. The lowest BCUT2D eigenvalue weighted by atomic mass is 10.2. The lowest BCUT2D eigenvalue weighted by Gasteiger charge is -2.06. The molecule has 2 N–H and O–H groups in total. The molecule has 2 aromatic carbocycles. The Morgan fingerprint density at radius 2 is 1.92 bits per heavy atom. The highest BCUT2D eigenvalue weighted by molar-refractivity contribution is 7.89. The topological polar surface area (TPSA) is 88.0 Å². The van der Waals surface area contributed by atoms with Crippen LogP contribution in [0.15, 0.2) is 52.5 Å². The molecule has 0 aliphatic rings. The second-order valence-corrected chi connectivity index (χ2v) is 6.90. The smallest absolute Gasteiger partial charge is 0.276 e. The Hall–Kier alpha value is -2.54. The monoisotopic (exact) mass is 348 g/mol. The summed E-state index contributed by atoms with van der Waals surface area (Å²) in [6.45, 7) is 4.42. The van der Waals surface area contributed by atoms with E-state index in [0.717, 1.165) is 12.0 Å². The Kier molecular flexibility index (Phi) is 5.81. The summed E-state index contributed by atoms with van der Waals surface area (Å²) in [6.07, 6.45) is 2.11. The van der Waals surface area contributed by atoms with E-state index >= 15 is 0 Å². The molecule has 0 fully saturated rings. The summed E-state index contributed by atoms with van der Waals surface area (Å²) < 4.78 is 29.6. The molecule has 2 rings (SSSR count). The number of phenols is 1. The zero-order valence-corrected chi connectivity index (χ0v) is 14.4. The summed E-state index contributed by atoms with van der Waals surface area (Å²) in [7, 11) is -3.73. The fourth-order valence-electron chi connectivity index (χ4n) is 1.88. The minimum Gasteiger partial charge on any atom is -0.507 e. The minimum absolute atomic E-state index is 0.0399. The van der Waals surface area contributed by atoms with E-state index in [9.17, 15) is 13.5 Å². The predicted octanol–water partition coefficient (Wildman–Crippen LogP) is 2.80. The van der Waals surface area contributed by atoms with Crippen LogP contribution in [0.2, 0.25) is 0 Å². The van der Waals surface area contributed by atoms with Crippen molar-refractivity contribution in [3.05, 3.63) is 53.6 Å². The van der Waals surface area contributed by atoms with E-state index in [1.807, 2.05) is 13.8 Å². The number of ether oxygens (including phenoxy) is 1. The largest absolute Gasteiger partial charge is 0.507 e. The van der Waals surface area contributed by atoms with E-state index in [1.165, 1.54) is 24.4 Å². The second kappa shape index (κ2) is 7.83. The maximum atomic E-state index is 12.1. The molecule has 0 amide bonds. The van der Waals surface area contributed by atoms with E-state index in [4.69, 9.17) is 4.74 Å². The van der Waals surface area contributed by atoms with Gasteiger partial charge in [-0.25, -0.2) is 4.83 Å². The number of hydrazone groups is 1. The predicted molar refractivity (Wildman–Crippen MR) is 93.0 cm³/mol. The van der Waals surface area contributed by atoms with E-state index in [2.05, 4.69) is 9.93 Å². The number of benzene rings is 2. The number of hydrogen-bond acceptors (Lipinski definition) is 5. The van der Waals surface area contributed by atoms with Gasteiger partial charge in [0.1, 0.15) is 11.5 Å². The van der Waals surface area contributed by atoms with Crippen molar-refractivity contribution in [2.24, 2.45) is 5.10 Å². The number of nitrogens with one attached hydrogen (secondary N) is 1. The maximum Gasteiger partial charge on any atom is 0.276 e. The third-order valence-corrected chi connectivity index (χ3v) is 4.42. The van der Waals surface area contributed by atoms with Crippen LogP contribution in [0.4, 0.5) is 0 Å². The molecule has 0 saturated heterocycles. The highest BCUT2D eigenvalue weighted by Gasteiger charge is 2.12. The first-order chi connectivity index (χ1) is 11.4. The summed E-state index contributed by atoms with van der Waals surface area (Å²) in [5.74, 6) is 0.508. The molecule has 0 spiro atoms. The maximum absolute atomic E-state index is 12.1. The highest BCUT2D eigenvalue weighted by atomic mass is 32.2. The van der Waals surface area contributed by atoms with E-state index in [0.29, 0.717) is 17.9 Å². The van der Waals surface area contributed by atoms with Crippen molar-refractivity contribution in [1.29, 1.82) is 0 Å². The Bertz CT molecular complexity index is 815. The molecule has 24 heavy (non-hydrogen) atoms. The van der Waals surface area contributed by atoms with Crippen LogP contribution in [0.3, 0.4) is 0 Å². The molecule has 6 nitrogen and oxygen atoms in total. The average Bonchev–Trinajstić information content (AvgIpc) is 2.55. The van der Waals surface area contributed by atoms with Crippen LogP contribution in [0.1, 0.15) is 24.5 Å². The van der Waals surface area contributed by atoms with Crippen LogP contribution in [0, 0.1) is 6.92 Å². The van der Waals surface area contributed by atoms with Gasteiger partial charge in [0.05, 0.1) is 17.7 Å². The first-order valence-corrected chi connectivity index (χ1v) is 8.98. The molecule has 0 bridgehead atoms. The molecule has 2 aromatic rings. The highest BCUT2D eigenvalue weighted by Crippen LogP contribution is 2.22. The van der Waals surface area contributed by atoms with Gasteiger partial charge in [-0.15, -0.1) is 0 Å². The Balaban J connectivity index is 2.07. The molecule has 0 unspecified atom stereocenters. The van der Waals surface area contributed by atoms with Crippen molar-refractivity contribution in [3.63, 3.8) is 0 Å². The number of sulfonamides is 1. The molecule has 0 heterocycles. The summed E-state index contributed by atoms with van der Waals surface area (Å²) in [5.41, 5.74) is 1.35. The normalized spacial score (nSPS) is 11.6. The fraction of sp³-hybridized carbons (Fsp3) is 0.235. The molecular weight excluding hydrogens is 328 g/mol. The van der Waals surface area contributed by atoms with Crippen LogP contribution in [0.25, 0.3) is 0 Å². The van der Waals surface area contributed by atoms with Gasteiger partial charge >= 0.3 is 0 Å². The van der Waals surface area contributed by atoms with Crippen LogP contribution in [-0.4, -0.2) is 26.3 Å². The molecule has 0 atom stereocenters. The molecule has 0 radical (unpaired) electrons. The van der Waals surface area contributed by atoms with Gasteiger partial charge in [-0.2, -0.15) is 13.5 Å². The molecular formula is C17H20N2O4S. The summed E-state index contributed by atoms with van der Waals surface area (Å²) in [6, 6.07) is 11.2. The van der Waals surface area contributed by atoms with E-state index < -0.39 is 10.0 Å². The first kappa shape index (κ1) is 17.8. The number of rotatable bonds is 7. The quantitative estimate of drug-likeness (QED) is 0.595. The van der Waals surface area contributed by atoms with Crippen LogP contribution in [-0.2, 0) is 10.0 Å². The summed E-state index contributed by atoms with van der Waals surface area (Å²) in [5, 5.41) is 13.6. The molecule has 7 heteroatoms. The lowest BCUT2D eigenvalue weighted by molar-refractivity contribution is 0.315. The van der Waals surface area contributed by atoms with Gasteiger partial charge in [0.15, 0.2) is 0 Å². The second-order valence-electron chi connectivity index (χ2n) is 5.24. The Labute approximate surface area is 141 Å². The Morgan fingerprint density at radius 3 is 2.54 bits per heavy atom. The number of aromatic hydroxyl groups is 1. The molecule has 128 valence electrons. The summed E-state index contributed by atoms with van der Waals surface area (Å²) in [4.78, 5) is 2.24. The van der Waals surface area contributed by atoms with Gasteiger partial charge in [0, 0.05) is 11.6 Å². The van der Waals surface area contributed by atoms with Crippen molar-refractivity contribution >= 4 is 16.2 Å². The summed E-state index contributed by atoms with van der Waals surface area (Å²) >= 11 is 0. The molecule has 0 saturated carbocycles. The number of phenolic OH excluding ortho intramolecular Hbond substituents is 1. The van der Waals surface area contributed by atoms with Gasteiger partial charge < -0.3 is 9.84 Å². The van der Waals surface area contributed by atoms with Crippen molar-refractivity contribution in [2.75, 3.05) is 6.61 Å². The van der Waals surface area contributed by atoms with Gasteiger partial charge in [-0.1, -0.05) is 24.6 Å². The Morgan fingerprint density at radius 1 is 1.21 bits per heavy atom. The molecule has 0 aliphatic carbocycles. The van der Waals surface area contributed by atoms with Crippen LogP contribution >= 0.6 is 0 Å². The van der Waals surface area contributed by atoms with E-state index in [1.54, 1.807) is 24.3 Å². The zero-order valence-electron chi connectivity index (χ0n) is 13.6. The van der Waals surface area contributed by atoms with Gasteiger partial charge in [0.25, 0.3) is 10.0 Å². The lowest BCUT2D eigenvalue weighted by Crippen LogP contribution is -2.18. The SMILES string of the molecule is CCCOc1ccc(/C=N/NS(=O)(=O)c2ccc(C)cc2)c(O)c1. The van der Waals surface area contributed by atoms with Crippen molar-refractivity contribution in [1.82, 2.24) is 4.83 Å². The third kappa shape index (κ3) is 4.73. The number of aryl methyl sites for hydroxylation is 1. The van der Waals surface area contributed by atoms with Gasteiger partial charge in [-0.05, 0) is 37.6 Å². The van der Waals surface area contributed by atoms with E-state index in [-0.39, 0.29) is 10.6 Å². The van der Waals surface area contributed by atoms with Crippen LogP contribution in [0.5, 0.6) is 11.5 Å². The van der Waals surface area contributed by atoms with Crippen molar-refractivity contribution in [3.8, 4) is 11.5 Å². The minimum atomic E-state index is -3.73. The zero-order chi connectivity index (χ0) is 17.6. The van der Waals surface area contributed by atoms with Gasteiger partial charge in [0.2, 0.25) is 0 Å². The standard InChI is InChI=1S/C17H20N2O4S/c1-3-10-23-15-7-6-14(17(20)11-15)12-18-19-24(21,22)16-8-4-13(2)5-9-16/h4-9,11-12,19-20H,3,10H2,1-2H3/b18-12+. The third-order valence-electron chi connectivity index (χ3n) is 3.18. The van der Waals surface area contributed by atoms with Crippen molar-refractivity contribution < 1.29 is 18.3 Å². The molecule has 0 aromatic heterocycles. The van der Waals surface area contributed by atoms with Gasteiger partial charge in [-0.3, -0.25) is 0 Å². The van der Waals surface area contributed by atoms with Crippen LogP contribution < -0.4 is 9.57 Å². The fourth-order valence-corrected chi connectivity index (χ4v) is 2.67.